The normalized spacial score (nSPS) is 10.0. The van der Waals surface area contributed by atoms with Crippen LogP contribution in [0.4, 0.5) is 5.69 Å². The van der Waals surface area contributed by atoms with Gasteiger partial charge in [0.25, 0.3) is 0 Å². The van der Waals surface area contributed by atoms with Crippen LogP contribution in [0.25, 0.3) is 10.9 Å². The molecular weight excluding hydrogens is 276 g/mol. The molecule has 2 rings (SSSR count). The first kappa shape index (κ1) is 13.9. The van der Waals surface area contributed by atoms with Gasteiger partial charge in [-0.2, -0.15) is 0 Å². The fourth-order valence-corrected chi connectivity index (χ4v) is 1.71. The molecule has 0 aliphatic rings. The Hall–Kier alpha value is -2.54. The minimum atomic E-state index is -0.793. The van der Waals surface area contributed by atoms with Gasteiger partial charge in [-0.25, -0.2) is 0 Å². The van der Waals surface area contributed by atoms with Gasteiger partial charge < -0.3 is 16.4 Å². The van der Waals surface area contributed by atoms with Crippen LogP contribution in [-0.4, -0.2) is 28.3 Å². The second-order valence-electron chi connectivity index (χ2n) is 3.98. The summed E-state index contributed by atoms with van der Waals surface area (Å²) in [6.45, 7) is -0.0152. The highest BCUT2D eigenvalue weighted by Crippen LogP contribution is 2.20. The van der Waals surface area contributed by atoms with Gasteiger partial charge in [-0.15, -0.1) is 0 Å². The standard InChI is InChI=1S/C13H12N4O2S/c14-11(20)7-16-12(18)13(19)17-10-5-1-4-9-8(10)3-2-6-15-9/h1-6H,7H2,(H2,14,20)(H,16,18)(H,17,19). The number of nitrogens with two attached hydrogens (primary N) is 1. The number of nitrogens with one attached hydrogen (secondary N) is 2. The number of fused-ring (bicyclic) bond motifs is 1. The fraction of sp³-hybridized carbons (Fsp3) is 0.0769. The van der Waals surface area contributed by atoms with E-state index in [1.807, 2.05) is 12.1 Å². The Morgan fingerprint density at radius 1 is 1.20 bits per heavy atom. The second-order valence-corrected chi connectivity index (χ2v) is 4.50. The maximum atomic E-state index is 11.7. The summed E-state index contributed by atoms with van der Waals surface area (Å²) >= 11 is 4.62. The van der Waals surface area contributed by atoms with E-state index in [0.29, 0.717) is 5.69 Å². The van der Waals surface area contributed by atoms with E-state index >= 15 is 0 Å². The van der Waals surface area contributed by atoms with Gasteiger partial charge in [-0.3, -0.25) is 14.6 Å². The van der Waals surface area contributed by atoms with Crippen molar-refractivity contribution in [1.29, 1.82) is 0 Å². The largest absolute Gasteiger partial charge is 0.392 e. The summed E-state index contributed by atoms with van der Waals surface area (Å²) in [5, 5.41) is 5.61. The lowest BCUT2D eigenvalue weighted by Crippen LogP contribution is -2.39. The molecule has 0 spiro atoms. The van der Waals surface area contributed by atoms with E-state index < -0.39 is 11.8 Å². The maximum Gasteiger partial charge on any atom is 0.313 e. The Morgan fingerprint density at radius 3 is 2.75 bits per heavy atom. The van der Waals surface area contributed by atoms with Crippen LogP contribution in [0.3, 0.4) is 0 Å². The lowest BCUT2D eigenvalue weighted by molar-refractivity contribution is -0.135. The Labute approximate surface area is 120 Å². The minimum absolute atomic E-state index is 0.0152. The molecule has 7 heteroatoms. The zero-order valence-corrected chi connectivity index (χ0v) is 11.2. The average molecular weight is 288 g/mol. The van der Waals surface area contributed by atoms with Crippen molar-refractivity contribution in [3.8, 4) is 0 Å². The number of rotatable bonds is 3. The first-order valence-electron chi connectivity index (χ1n) is 5.79. The molecule has 1 aromatic carbocycles. The molecule has 20 heavy (non-hydrogen) atoms. The van der Waals surface area contributed by atoms with E-state index in [0.717, 1.165) is 10.9 Å². The number of thiocarbonyl (C=S) groups is 1. The average Bonchev–Trinajstić information content (AvgIpc) is 2.45. The monoisotopic (exact) mass is 288 g/mol. The second kappa shape index (κ2) is 6.07. The number of anilines is 1. The lowest BCUT2D eigenvalue weighted by Gasteiger charge is -2.08. The Balaban J connectivity index is 2.14. The van der Waals surface area contributed by atoms with Crippen LogP contribution in [0.15, 0.2) is 36.5 Å². The molecule has 0 aliphatic heterocycles. The molecule has 1 heterocycles. The van der Waals surface area contributed by atoms with Gasteiger partial charge in [0.1, 0.15) is 0 Å². The van der Waals surface area contributed by atoms with Gasteiger partial charge in [0.2, 0.25) is 0 Å². The molecule has 0 saturated heterocycles. The van der Waals surface area contributed by atoms with Gasteiger partial charge in [-0.05, 0) is 24.3 Å². The summed E-state index contributed by atoms with van der Waals surface area (Å²) in [6.07, 6.45) is 1.66. The molecular formula is C13H12N4O2S. The van der Waals surface area contributed by atoms with E-state index in [9.17, 15) is 9.59 Å². The van der Waals surface area contributed by atoms with Crippen molar-refractivity contribution in [2.24, 2.45) is 5.73 Å². The van der Waals surface area contributed by atoms with Gasteiger partial charge in [0.15, 0.2) is 0 Å². The van der Waals surface area contributed by atoms with E-state index in [2.05, 4.69) is 27.8 Å². The molecule has 102 valence electrons. The smallest absolute Gasteiger partial charge is 0.313 e. The number of hydrogen-bond donors (Lipinski definition) is 3. The van der Waals surface area contributed by atoms with Gasteiger partial charge in [0, 0.05) is 11.6 Å². The van der Waals surface area contributed by atoms with Crippen LogP contribution in [0.2, 0.25) is 0 Å². The highest BCUT2D eigenvalue weighted by molar-refractivity contribution is 7.80. The molecule has 2 aromatic rings. The molecule has 0 unspecified atom stereocenters. The van der Waals surface area contributed by atoms with E-state index in [4.69, 9.17) is 5.73 Å². The summed E-state index contributed by atoms with van der Waals surface area (Å²) in [5.74, 6) is -1.57. The Kier molecular flexibility index (Phi) is 4.21. The Bertz CT molecular complexity index is 682. The van der Waals surface area contributed by atoms with Crippen molar-refractivity contribution < 1.29 is 9.59 Å². The topological polar surface area (TPSA) is 97.1 Å². The Morgan fingerprint density at radius 2 is 2.00 bits per heavy atom. The molecule has 0 radical (unpaired) electrons. The minimum Gasteiger partial charge on any atom is -0.392 e. The summed E-state index contributed by atoms with van der Waals surface area (Å²) in [5.41, 5.74) is 6.49. The van der Waals surface area contributed by atoms with Crippen LogP contribution in [-0.2, 0) is 9.59 Å². The third-order valence-electron chi connectivity index (χ3n) is 2.52. The van der Waals surface area contributed by atoms with Crippen LogP contribution >= 0.6 is 12.2 Å². The predicted molar refractivity (Wildman–Crippen MR) is 80.2 cm³/mol. The molecule has 0 atom stereocenters. The van der Waals surface area contributed by atoms with Crippen molar-refractivity contribution in [2.45, 2.75) is 0 Å². The molecule has 4 N–H and O–H groups in total. The first-order chi connectivity index (χ1) is 9.58. The van der Waals surface area contributed by atoms with E-state index in [-0.39, 0.29) is 11.5 Å². The van der Waals surface area contributed by atoms with Crippen LogP contribution in [0, 0.1) is 0 Å². The number of carbonyl (C=O) groups excluding carboxylic acids is 2. The molecule has 1 aromatic heterocycles. The third kappa shape index (κ3) is 3.27. The van der Waals surface area contributed by atoms with E-state index in [1.165, 1.54) is 0 Å². The van der Waals surface area contributed by atoms with E-state index in [1.54, 1.807) is 24.4 Å². The fourth-order valence-electron chi connectivity index (χ4n) is 1.64. The number of pyridine rings is 1. The van der Waals surface area contributed by atoms with Crippen LogP contribution in [0.1, 0.15) is 0 Å². The first-order valence-corrected chi connectivity index (χ1v) is 6.20. The quantitative estimate of drug-likeness (QED) is 0.567. The number of amides is 2. The van der Waals surface area contributed by atoms with Crippen molar-refractivity contribution >= 4 is 45.6 Å². The SMILES string of the molecule is NC(=S)CNC(=O)C(=O)Nc1cccc2ncccc12. The molecule has 6 nitrogen and oxygen atoms in total. The van der Waals surface area contributed by atoms with Gasteiger partial charge >= 0.3 is 11.8 Å². The number of carbonyl (C=O) groups is 2. The lowest BCUT2D eigenvalue weighted by atomic mass is 10.2. The highest BCUT2D eigenvalue weighted by atomic mass is 32.1. The van der Waals surface area contributed by atoms with Crippen LogP contribution in [0.5, 0.6) is 0 Å². The van der Waals surface area contributed by atoms with Crippen molar-refractivity contribution in [3.63, 3.8) is 0 Å². The summed E-state index contributed by atoms with van der Waals surface area (Å²) in [6, 6.07) is 8.83. The predicted octanol–water partition coefficient (Wildman–Crippen LogP) is 0.576. The maximum absolute atomic E-state index is 11.7. The number of hydrogen-bond acceptors (Lipinski definition) is 4. The molecule has 0 saturated carbocycles. The summed E-state index contributed by atoms with van der Waals surface area (Å²) < 4.78 is 0. The van der Waals surface area contributed by atoms with Crippen molar-refractivity contribution in [1.82, 2.24) is 10.3 Å². The summed E-state index contributed by atoms with van der Waals surface area (Å²) in [4.78, 5) is 27.6. The molecule has 0 bridgehead atoms. The number of benzene rings is 1. The van der Waals surface area contributed by atoms with Crippen LogP contribution < -0.4 is 16.4 Å². The summed E-state index contributed by atoms with van der Waals surface area (Å²) in [7, 11) is 0. The van der Waals surface area contributed by atoms with Gasteiger partial charge in [-0.1, -0.05) is 18.3 Å². The van der Waals surface area contributed by atoms with Gasteiger partial charge in [0.05, 0.1) is 22.7 Å². The third-order valence-corrected chi connectivity index (χ3v) is 2.67. The molecule has 0 aliphatic carbocycles. The molecule has 2 amide bonds. The number of nitrogens with zero attached hydrogens (tertiary/aromatic N) is 1. The van der Waals surface area contributed by atoms with Crippen molar-refractivity contribution in [3.05, 3.63) is 36.5 Å². The zero-order valence-electron chi connectivity index (χ0n) is 10.4. The highest BCUT2D eigenvalue weighted by Gasteiger charge is 2.14. The number of aromatic nitrogens is 1. The molecule has 0 fully saturated rings. The zero-order chi connectivity index (χ0) is 14.5. The van der Waals surface area contributed by atoms with Crippen molar-refractivity contribution in [2.75, 3.05) is 11.9 Å².